The van der Waals surface area contributed by atoms with Crippen LogP contribution in [0.4, 0.5) is 39.2 Å². The molecule has 4 N–H and O–H groups in total. The third-order valence-electron chi connectivity index (χ3n) is 6.37. The molecule has 1 amide bonds. The van der Waals surface area contributed by atoms with Crippen LogP contribution in [0, 0.1) is 12.7 Å². The molecule has 0 aliphatic carbocycles. The van der Waals surface area contributed by atoms with Crippen LogP contribution in [0.15, 0.2) is 36.5 Å². The van der Waals surface area contributed by atoms with Crippen molar-refractivity contribution in [1.29, 1.82) is 0 Å². The quantitative estimate of drug-likeness (QED) is 0.209. The number of phosphoric ester groups is 1. The number of aryl methyl sites for hydroxylation is 1. The fraction of sp³-hybridized carbons (Fsp3) is 0.360. The summed E-state index contributed by atoms with van der Waals surface area (Å²) in [7, 11) is -4.89. The summed E-state index contributed by atoms with van der Waals surface area (Å²) < 4.78 is 41.7. The van der Waals surface area contributed by atoms with Gasteiger partial charge in [-0.1, -0.05) is 0 Å². The molecule has 14 nitrogen and oxygen atoms in total. The summed E-state index contributed by atoms with van der Waals surface area (Å²) >= 11 is 0. The molecule has 2 aromatic heterocycles. The summed E-state index contributed by atoms with van der Waals surface area (Å²) in [4.78, 5) is 46.9. The zero-order chi connectivity index (χ0) is 29.4. The molecule has 1 fully saturated rings. The second-order valence-electron chi connectivity index (χ2n) is 9.85. The van der Waals surface area contributed by atoms with Crippen molar-refractivity contribution in [2.24, 2.45) is 0 Å². The van der Waals surface area contributed by atoms with Crippen molar-refractivity contribution in [2.45, 2.75) is 26.4 Å². The first-order valence-corrected chi connectivity index (χ1v) is 14.1. The topological polar surface area (TPSA) is 171 Å². The minimum atomic E-state index is -4.89. The molecule has 1 aromatic carbocycles. The summed E-state index contributed by atoms with van der Waals surface area (Å²) in [6.45, 7) is 7.20. The number of carbonyl (C=O) groups excluding carboxylic acids is 1. The molecular formula is C25H31FN7Na2O7P. The summed E-state index contributed by atoms with van der Waals surface area (Å²) in [6, 6.07) is 8.79. The van der Waals surface area contributed by atoms with E-state index in [1.807, 2.05) is 25.1 Å². The van der Waals surface area contributed by atoms with Crippen LogP contribution in [0.2, 0.25) is 0 Å². The number of benzene rings is 1. The Morgan fingerprint density at radius 1 is 1.12 bits per heavy atom. The minimum absolute atomic E-state index is 0. The standard InChI is InChI=1S/C25H29FN7O7P.2Na.2H/c1-15-12-16(4-5-18(15)32-8-10-38-11-9-32)28-24-27-13-17(26)21(31-24)29-20-7-6-19-22(30-20)33(14-39-41(35,36)37)23(34)25(2,3)40-19;;;;/h4-7,12-13H,8-11,14H2,1-3H3,(H2,35,36,37)(H2,27,28,29,30,31);;;;. The van der Waals surface area contributed by atoms with Gasteiger partial charge >= 0.3 is 66.9 Å². The van der Waals surface area contributed by atoms with Gasteiger partial charge in [0, 0.05) is 24.5 Å². The Balaban J connectivity index is 0.00000253. The van der Waals surface area contributed by atoms with Crippen LogP contribution in [0.3, 0.4) is 0 Å². The second kappa shape index (κ2) is 14.5. The molecule has 0 spiro atoms. The van der Waals surface area contributed by atoms with Gasteiger partial charge in [0.2, 0.25) is 5.95 Å². The number of carbonyl (C=O) groups is 1. The van der Waals surface area contributed by atoms with Crippen molar-refractivity contribution in [3.05, 3.63) is 47.9 Å². The van der Waals surface area contributed by atoms with Crippen LogP contribution in [0.1, 0.15) is 19.4 Å². The van der Waals surface area contributed by atoms with Crippen LogP contribution in [0.25, 0.3) is 0 Å². The van der Waals surface area contributed by atoms with E-state index in [0.29, 0.717) is 18.9 Å². The molecule has 1 saturated heterocycles. The average Bonchev–Trinajstić information content (AvgIpc) is 2.91. The van der Waals surface area contributed by atoms with E-state index in [1.165, 1.54) is 26.0 Å². The van der Waals surface area contributed by atoms with E-state index < -0.39 is 31.9 Å². The number of nitrogens with one attached hydrogen (secondary N) is 2. The number of ether oxygens (including phenoxy) is 2. The van der Waals surface area contributed by atoms with Gasteiger partial charge in [0.15, 0.2) is 28.8 Å². The third kappa shape index (κ3) is 8.65. The van der Waals surface area contributed by atoms with Crippen molar-refractivity contribution in [3.8, 4) is 5.75 Å². The Morgan fingerprint density at radius 3 is 2.51 bits per heavy atom. The first kappa shape index (κ1) is 35.6. The van der Waals surface area contributed by atoms with Crippen LogP contribution in [-0.4, -0.2) is 128 Å². The summed E-state index contributed by atoms with van der Waals surface area (Å²) in [5.74, 6) is -1.30. The first-order chi connectivity index (χ1) is 19.4. The van der Waals surface area contributed by atoms with E-state index in [2.05, 4.69) is 35.0 Å². The molecule has 0 atom stereocenters. The molecule has 0 unspecified atom stereocenters. The first-order valence-electron chi connectivity index (χ1n) is 12.6. The Morgan fingerprint density at radius 2 is 1.84 bits per heavy atom. The van der Waals surface area contributed by atoms with Crippen LogP contribution < -0.4 is 25.2 Å². The third-order valence-corrected chi connectivity index (χ3v) is 6.82. The van der Waals surface area contributed by atoms with Gasteiger partial charge < -0.3 is 34.8 Å². The number of aromatic nitrogens is 3. The van der Waals surface area contributed by atoms with E-state index in [0.717, 1.165) is 35.4 Å². The zero-order valence-electron chi connectivity index (χ0n) is 22.5. The Kier molecular flexibility index (Phi) is 12.0. The molecule has 3 aromatic rings. The van der Waals surface area contributed by atoms with Gasteiger partial charge in [-0.05, 0) is 56.7 Å². The number of hydrogen-bond acceptors (Lipinski definition) is 11. The number of amides is 1. The van der Waals surface area contributed by atoms with E-state index in [4.69, 9.17) is 19.3 Å². The summed E-state index contributed by atoms with van der Waals surface area (Å²) in [5, 5.41) is 5.83. The fourth-order valence-electron chi connectivity index (χ4n) is 4.43. The Labute approximate surface area is 291 Å². The van der Waals surface area contributed by atoms with Gasteiger partial charge in [-0.15, -0.1) is 0 Å². The van der Waals surface area contributed by atoms with Crippen LogP contribution in [0.5, 0.6) is 5.75 Å². The van der Waals surface area contributed by atoms with Gasteiger partial charge in [-0.2, -0.15) is 4.98 Å². The van der Waals surface area contributed by atoms with Crippen LogP contribution >= 0.6 is 7.82 Å². The van der Waals surface area contributed by atoms with Gasteiger partial charge in [0.25, 0.3) is 5.91 Å². The second-order valence-corrected chi connectivity index (χ2v) is 11.1. The maximum absolute atomic E-state index is 14.7. The molecule has 0 saturated carbocycles. The monoisotopic (exact) mass is 637 g/mol. The number of morpholine rings is 1. The number of fused-ring (bicyclic) bond motifs is 1. The number of hydrogen-bond donors (Lipinski definition) is 4. The number of nitrogens with zero attached hydrogens (tertiary/aromatic N) is 5. The summed E-state index contributed by atoms with van der Waals surface area (Å²) in [5.41, 5.74) is 1.51. The molecule has 2 aliphatic heterocycles. The van der Waals surface area contributed by atoms with Crippen LogP contribution in [-0.2, 0) is 18.6 Å². The average molecular weight is 638 g/mol. The van der Waals surface area contributed by atoms with Gasteiger partial charge in [0.05, 0.1) is 19.4 Å². The van der Waals surface area contributed by atoms with Crippen molar-refractivity contribution >= 4 is 108 Å². The SMILES string of the molecule is Cc1cc(Nc2ncc(F)c(Nc3ccc4c(n3)N(COP(=O)(O)O)C(=O)C(C)(C)O4)n2)ccc1N1CCOCC1.[NaH].[NaH]. The molecule has 2 aliphatic rings. The van der Waals surface area contributed by atoms with E-state index in [9.17, 15) is 13.8 Å². The molecule has 4 heterocycles. The van der Waals surface area contributed by atoms with Gasteiger partial charge in [-0.3, -0.25) is 14.2 Å². The predicted octanol–water partition coefficient (Wildman–Crippen LogP) is 1.92. The number of halogens is 1. The molecular weight excluding hydrogens is 606 g/mol. The summed E-state index contributed by atoms with van der Waals surface area (Å²) in [6.07, 6.45) is 1.00. The van der Waals surface area contributed by atoms with Crippen molar-refractivity contribution in [1.82, 2.24) is 15.0 Å². The molecule has 0 radical (unpaired) electrons. The van der Waals surface area contributed by atoms with E-state index in [1.54, 1.807) is 0 Å². The maximum atomic E-state index is 14.7. The van der Waals surface area contributed by atoms with E-state index in [-0.39, 0.29) is 88.3 Å². The van der Waals surface area contributed by atoms with Crippen molar-refractivity contribution in [2.75, 3.05) is 53.5 Å². The fourth-order valence-corrected chi connectivity index (χ4v) is 4.69. The molecule has 5 rings (SSSR count). The number of pyridine rings is 1. The number of anilines is 6. The Bertz CT molecular complexity index is 1530. The normalized spacial score (nSPS) is 15.9. The predicted molar refractivity (Wildman–Crippen MR) is 161 cm³/mol. The van der Waals surface area contributed by atoms with Gasteiger partial charge in [0.1, 0.15) is 12.5 Å². The van der Waals surface area contributed by atoms with E-state index >= 15 is 0 Å². The van der Waals surface area contributed by atoms with Gasteiger partial charge in [-0.25, -0.2) is 18.9 Å². The molecule has 18 heteroatoms. The van der Waals surface area contributed by atoms with Crippen molar-refractivity contribution in [3.63, 3.8) is 0 Å². The molecule has 43 heavy (non-hydrogen) atoms. The number of rotatable bonds is 8. The van der Waals surface area contributed by atoms with Crippen molar-refractivity contribution < 1.29 is 37.5 Å². The zero-order valence-corrected chi connectivity index (χ0v) is 23.4. The Hall–Kier alpha value is -1.88. The molecule has 222 valence electrons. The molecule has 0 bridgehead atoms. The number of phosphoric acid groups is 1.